The summed E-state index contributed by atoms with van der Waals surface area (Å²) < 4.78 is 42.3. The number of fused-ring (bicyclic) bond motifs is 1. The summed E-state index contributed by atoms with van der Waals surface area (Å²) in [4.78, 5) is 18.6. The number of piperidine rings is 1. The van der Waals surface area contributed by atoms with Gasteiger partial charge in [0.1, 0.15) is 5.82 Å². The molecule has 164 valence electrons. The Balaban J connectivity index is 1.34. The predicted octanol–water partition coefficient (Wildman–Crippen LogP) is 2.39. The highest BCUT2D eigenvalue weighted by atomic mass is 32.2. The Morgan fingerprint density at radius 2 is 1.87 bits per heavy atom. The molecule has 1 aromatic carbocycles. The van der Waals surface area contributed by atoms with Gasteiger partial charge < -0.3 is 10.2 Å². The molecule has 0 spiro atoms. The Morgan fingerprint density at radius 1 is 1.19 bits per heavy atom. The summed E-state index contributed by atoms with van der Waals surface area (Å²) in [6.45, 7) is 2.70. The summed E-state index contributed by atoms with van der Waals surface area (Å²) in [6, 6.07) is 5.97. The van der Waals surface area contributed by atoms with E-state index < -0.39 is 15.8 Å². The number of likely N-dealkylation sites (tertiary alicyclic amines) is 1. The van der Waals surface area contributed by atoms with Gasteiger partial charge in [0.25, 0.3) is 0 Å². The number of rotatable bonds is 4. The molecule has 1 fully saturated rings. The van der Waals surface area contributed by atoms with Crippen molar-refractivity contribution in [2.45, 2.75) is 30.7 Å². The number of hydrogen-bond acceptors (Lipinski definition) is 5. The first kappa shape index (κ1) is 21.2. The van der Waals surface area contributed by atoms with Crippen LogP contribution in [-0.2, 0) is 17.1 Å². The van der Waals surface area contributed by atoms with Crippen LogP contribution in [0.3, 0.4) is 0 Å². The van der Waals surface area contributed by atoms with Crippen LogP contribution >= 0.6 is 0 Å². The highest BCUT2D eigenvalue weighted by Crippen LogP contribution is 2.21. The van der Waals surface area contributed by atoms with Crippen LogP contribution in [0.15, 0.2) is 41.4 Å². The normalized spacial score (nSPS) is 15.4. The first-order chi connectivity index (χ1) is 14.7. The van der Waals surface area contributed by atoms with Crippen LogP contribution < -0.4 is 10.0 Å². The zero-order valence-corrected chi connectivity index (χ0v) is 18.0. The van der Waals surface area contributed by atoms with E-state index in [4.69, 9.17) is 0 Å². The smallest absolute Gasteiger partial charge is 0.321 e. The second-order valence-electron chi connectivity index (χ2n) is 7.57. The molecule has 0 unspecified atom stereocenters. The van der Waals surface area contributed by atoms with Crippen molar-refractivity contribution in [3.63, 3.8) is 0 Å². The summed E-state index contributed by atoms with van der Waals surface area (Å²) in [5, 5.41) is 8.04. The van der Waals surface area contributed by atoms with Gasteiger partial charge in [0.2, 0.25) is 10.0 Å². The molecule has 9 nitrogen and oxygen atoms in total. The molecule has 31 heavy (non-hydrogen) atoms. The minimum absolute atomic E-state index is 0.0164. The van der Waals surface area contributed by atoms with Gasteiger partial charge in [-0.05, 0) is 50.1 Å². The van der Waals surface area contributed by atoms with E-state index in [0.29, 0.717) is 31.6 Å². The number of anilines is 1. The van der Waals surface area contributed by atoms with Crippen LogP contribution in [0.5, 0.6) is 0 Å². The standard InChI is InChI=1S/C20H23FN6O3S/c1-13-18-11-16(12-22-19(18)26(2)24-13)23-20(28)27-9-7-15(8-10-27)25-31(29,30)17-5-3-14(21)4-6-17/h3-6,11-12,15,25H,7-10H2,1-2H3,(H,23,28). The molecule has 1 saturated heterocycles. The largest absolute Gasteiger partial charge is 0.324 e. The molecule has 1 aliphatic heterocycles. The van der Waals surface area contributed by atoms with Crippen LogP contribution in [0.25, 0.3) is 11.0 Å². The monoisotopic (exact) mass is 446 g/mol. The van der Waals surface area contributed by atoms with Crippen LogP contribution in [-0.4, -0.2) is 53.2 Å². The Morgan fingerprint density at radius 3 is 2.55 bits per heavy atom. The van der Waals surface area contributed by atoms with Crippen LogP contribution in [0.2, 0.25) is 0 Å². The summed E-state index contributed by atoms with van der Waals surface area (Å²) >= 11 is 0. The van der Waals surface area contributed by atoms with Crippen molar-refractivity contribution in [2.24, 2.45) is 7.05 Å². The van der Waals surface area contributed by atoms with Crippen LogP contribution in [0, 0.1) is 12.7 Å². The molecule has 0 saturated carbocycles. The number of hydrogen-bond donors (Lipinski definition) is 2. The highest BCUT2D eigenvalue weighted by Gasteiger charge is 2.27. The fourth-order valence-electron chi connectivity index (χ4n) is 3.68. The number of amides is 2. The van der Waals surface area contributed by atoms with Gasteiger partial charge >= 0.3 is 6.03 Å². The lowest BCUT2D eigenvalue weighted by molar-refractivity contribution is 0.193. The molecule has 3 heterocycles. The van der Waals surface area contributed by atoms with Gasteiger partial charge in [-0.1, -0.05) is 0 Å². The first-order valence-corrected chi connectivity index (χ1v) is 11.3. The summed E-state index contributed by atoms with van der Waals surface area (Å²) in [5.74, 6) is -0.494. The van der Waals surface area contributed by atoms with Gasteiger partial charge in [-0.3, -0.25) is 4.68 Å². The maximum atomic E-state index is 13.0. The van der Waals surface area contributed by atoms with E-state index in [2.05, 4.69) is 20.1 Å². The first-order valence-electron chi connectivity index (χ1n) is 9.86. The molecule has 3 aromatic rings. The SMILES string of the molecule is Cc1nn(C)c2ncc(NC(=O)N3CCC(NS(=O)(=O)c4ccc(F)cc4)CC3)cc12. The number of benzene rings is 1. The average molecular weight is 447 g/mol. The minimum Gasteiger partial charge on any atom is -0.324 e. The Hall–Kier alpha value is -3.05. The summed E-state index contributed by atoms with van der Waals surface area (Å²) in [6.07, 6.45) is 2.55. The number of nitrogens with one attached hydrogen (secondary N) is 2. The van der Waals surface area contributed by atoms with Crippen LogP contribution in [0.4, 0.5) is 14.9 Å². The lowest BCUT2D eigenvalue weighted by atomic mass is 10.1. The van der Waals surface area contributed by atoms with Crippen molar-refractivity contribution in [1.29, 1.82) is 0 Å². The molecule has 2 amide bonds. The number of sulfonamides is 1. The van der Waals surface area contributed by atoms with E-state index in [1.54, 1.807) is 15.8 Å². The molecular formula is C20H23FN6O3S. The number of aryl methyl sites for hydroxylation is 2. The summed E-state index contributed by atoms with van der Waals surface area (Å²) in [7, 11) is -1.92. The third-order valence-corrected chi connectivity index (χ3v) is 6.88. The van der Waals surface area contributed by atoms with Gasteiger partial charge in [-0.25, -0.2) is 27.3 Å². The van der Waals surface area contributed by atoms with Gasteiger partial charge in [-0.2, -0.15) is 5.10 Å². The molecule has 4 rings (SSSR count). The zero-order valence-electron chi connectivity index (χ0n) is 17.2. The maximum Gasteiger partial charge on any atom is 0.321 e. The molecule has 0 aliphatic carbocycles. The van der Waals surface area contributed by atoms with Crippen molar-refractivity contribution < 1.29 is 17.6 Å². The van der Waals surface area contributed by atoms with Crippen molar-refractivity contribution in [3.8, 4) is 0 Å². The molecule has 0 radical (unpaired) electrons. The van der Waals surface area contributed by atoms with Gasteiger partial charge in [0.05, 0.1) is 22.5 Å². The number of nitrogens with zero attached hydrogens (tertiary/aromatic N) is 4. The molecule has 11 heteroatoms. The second kappa shape index (κ2) is 8.23. The Kier molecular flexibility index (Phi) is 5.63. The van der Waals surface area contributed by atoms with E-state index in [0.717, 1.165) is 28.9 Å². The van der Waals surface area contributed by atoms with Crippen LogP contribution in [0.1, 0.15) is 18.5 Å². The molecule has 0 atom stereocenters. The van der Waals surface area contributed by atoms with Gasteiger partial charge in [-0.15, -0.1) is 0 Å². The fraction of sp³-hybridized carbons (Fsp3) is 0.350. The Bertz CT molecular complexity index is 1220. The second-order valence-corrected chi connectivity index (χ2v) is 9.28. The molecular weight excluding hydrogens is 423 g/mol. The average Bonchev–Trinajstić information content (AvgIpc) is 3.01. The number of carbonyl (C=O) groups is 1. The van der Waals surface area contributed by atoms with Crippen molar-refractivity contribution in [2.75, 3.05) is 18.4 Å². The number of pyridine rings is 1. The minimum atomic E-state index is -3.74. The lowest BCUT2D eigenvalue weighted by Gasteiger charge is -2.32. The van der Waals surface area contributed by atoms with E-state index in [1.807, 2.05) is 20.0 Å². The van der Waals surface area contributed by atoms with Crippen molar-refractivity contribution in [3.05, 3.63) is 48.0 Å². The molecule has 2 aromatic heterocycles. The molecule has 1 aliphatic rings. The third-order valence-electron chi connectivity index (χ3n) is 5.34. The van der Waals surface area contributed by atoms with E-state index in [1.165, 1.54) is 12.1 Å². The number of carbonyl (C=O) groups excluding carboxylic acids is 1. The van der Waals surface area contributed by atoms with Gasteiger partial charge in [0.15, 0.2) is 5.65 Å². The Labute approximate surface area is 179 Å². The number of urea groups is 1. The van der Waals surface area contributed by atoms with E-state index >= 15 is 0 Å². The molecule has 2 N–H and O–H groups in total. The van der Waals surface area contributed by atoms with E-state index in [-0.39, 0.29) is 17.0 Å². The summed E-state index contributed by atoms with van der Waals surface area (Å²) in [5.41, 5.74) is 2.15. The molecule has 0 bridgehead atoms. The fourth-order valence-corrected chi connectivity index (χ4v) is 4.99. The number of halogens is 1. The predicted molar refractivity (Wildman–Crippen MR) is 114 cm³/mol. The van der Waals surface area contributed by atoms with E-state index in [9.17, 15) is 17.6 Å². The zero-order chi connectivity index (χ0) is 22.2. The highest BCUT2D eigenvalue weighted by molar-refractivity contribution is 7.89. The quantitative estimate of drug-likeness (QED) is 0.640. The maximum absolute atomic E-state index is 13.0. The van der Waals surface area contributed by atoms with Crippen molar-refractivity contribution in [1.82, 2.24) is 24.4 Å². The lowest BCUT2D eigenvalue weighted by Crippen LogP contribution is -2.47. The number of aromatic nitrogens is 3. The van der Waals surface area contributed by atoms with Crippen molar-refractivity contribution >= 4 is 32.8 Å². The van der Waals surface area contributed by atoms with Gasteiger partial charge in [0, 0.05) is 31.6 Å². The third kappa shape index (κ3) is 4.52. The topological polar surface area (TPSA) is 109 Å².